The number of ether oxygens (including phenoxy) is 12. The van der Waals surface area contributed by atoms with Crippen LogP contribution in [0.5, 0.6) is 0 Å². The Morgan fingerprint density at radius 3 is 1.71 bits per heavy atom. The molecule has 7 saturated heterocycles. The van der Waals surface area contributed by atoms with E-state index in [2.05, 4.69) is 27.7 Å². The topological polar surface area (TPSA) is 411 Å². The molecule has 4 aliphatic carbocycles. The van der Waals surface area contributed by atoms with E-state index in [4.69, 9.17) is 56.8 Å². The number of carbonyl (C=O) groups is 1. The van der Waals surface area contributed by atoms with E-state index in [0.717, 1.165) is 38.5 Å². The van der Waals surface area contributed by atoms with Gasteiger partial charge in [-0.25, -0.2) is 0 Å². The minimum absolute atomic E-state index is 0.0314. The molecule has 0 amide bonds. The fraction of sp³-hybridized carbons (Fsp3) is 0.982. The first kappa shape index (κ1) is 62.2. The van der Waals surface area contributed by atoms with Crippen LogP contribution < -0.4 is 0 Å². The van der Waals surface area contributed by atoms with E-state index in [1.807, 2.05) is 0 Å². The van der Waals surface area contributed by atoms with Crippen LogP contribution in [0.3, 0.4) is 0 Å². The van der Waals surface area contributed by atoms with Crippen LogP contribution in [0.1, 0.15) is 85.5 Å². The van der Waals surface area contributed by atoms with Gasteiger partial charge in [-0.05, 0) is 80.0 Å². The molecule has 0 bridgehead atoms. The molecule has 27 heteroatoms. The number of hydrogen-bond donors (Lipinski definition) is 14. The molecule has 11 fully saturated rings. The molecule has 7 heterocycles. The van der Waals surface area contributed by atoms with Crippen LogP contribution in [0.2, 0.25) is 0 Å². The predicted molar refractivity (Wildman–Crippen MR) is 269 cm³/mol. The Morgan fingerprint density at radius 1 is 0.524 bits per heavy atom. The molecular formula is C55H88O27. The molecule has 27 nitrogen and oxygen atoms in total. The molecule has 0 aromatic heterocycles. The first-order valence-corrected chi connectivity index (χ1v) is 29.6. The number of rotatable bonds is 13. The van der Waals surface area contributed by atoms with Gasteiger partial charge in [-0.1, -0.05) is 27.7 Å². The molecule has 470 valence electrons. The Morgan fingerprint density at radius 2 is 1.09 bits per heavy atom. The second-order valence-electron chi connectivity index (χ2n) is 26.1. The van der Waals surface area contributed by atoms with Gasteiger partial charge in [0.25, 0.3) is 0 Å². The molecule has 11 rings (SSSR count). The van der Waals surface area contributed by atoms with Crippen molar-refractivity contribution in [2.75, 3.05) is 39.6 Å². The van der Waals surface area contributed by atoms with Gasteiger partial charge in [0, 0.05) is 30.1 Å². The molecule has 7 aliphatic heterocycles. The average Bonchev–Trinajstić information content (AvgIpc) is 1.54. The maximum Gasteiger partial charge on any atom is 0.187 e. The lowest BCUT2D eigenvalue weighted by molar-refractivity contribution is -0.408. The van der Waals surface area contributed by atoms with E-state index in [-0.39, 0.29) is 41.1 Å². The number of ketones is 1. The van der Waals surface area contributed by atoms with E-state index in [0.29, 0.717) is 43.5 Å². The van der Waals surface area contributed by atoms with Crippen LogP contribution in [0.15, 0.2) is 0 Å². The van der Waals surface area contributed by atoms with Crippen LogP contribution in [-0.4, -0.2) is 276 Å². The van der Waals surface area contributed by atoms with Crippen LogP contribution in [0.4, 0.5) is 0 Å². The fourth-order valence-corrected chi connectivity index (χ4v) is 16.8. The summed E-state index contributed by atoms with van der Waals surface area (Å²) in [6, 6.07) is 0. The van der Waals surface area contributed by atoms with Crippen molar-refractivity contribution in [2.24, 2.45) is 52.3 Å². The number of Topliss-reactive ketones (excluding diaryl/α,β-unsaturated/α-hetero) is 1. The Labute approximate surface area is 474 Å². The number of aliphatic hydroxyl groups excluding tert-OH is 14. The second-order valence-corrected chi connectivity index (χ2v) is 26.1. The van der Waals surface area contributed by atoms with E-state index >= 15 is 0 Å². The molecule has 82 heavy (non-hydrogen) atoms. The monoisotopic (exact) mass is 1180 g/mol. The highest BCUT2D eigenvalue weighted by Gasteiger charge is 2.72. The van der Waals surface area contributed by atoms with Gasteiger partial charge in [0.15, 0.2) is 37.2 Å². The third-order valence-corrected chi connectivity index (χ3v) is 21.6. The molecule has 1 spiro atoms. The maximum atomic E-state index is 14.8. The smallest absolute Gasteiger partial charge is 0.187 e. The number of hydrogen-bond acceptors (Lipinski definition) is 27. The highest BCUT2D eigenvalue weighted by atomic mass is 16.8. The van der Waals surface area contributed by atoms with Gasteiger partial charge >= 0.3 is 0 Å². The molecule has 0 radical (unpaired) electrons. The van der Waals surface area contributed by atoms with Crippen LogP contribution in [0.25, 0.3) is 0 Å². The minimum atomic E-state index is -2.12. The predicted octanol–water partition coefficient (Wildman–Crippen LogP) is -4.63. The van der Waals surface area contributed by atoms with Gasteiger partial charge in [0.2, 0.25) is 0 Å². The average molecular weight is 1180 g/mol. The summed E-state index contributed by atoms with van der Waals surface area (Å²) < 4.78 is 73.0. The Kier molecular flexibility index (Phi) is 18.4. The third kappa shape index (κ3) is 10.7. The summed E-state index contributed by atoms with van der Waals surface area (Å²) in [6.45, 7) is 5.75. The van der Waals surface area contributed by atoms with Crippen molar-refractivity contribution in [2.45, 2.75) is 245 Å². The van der Waals surface area contributed by atoms with Gasteiger partial charge in [0.05, 0.1) is 51.8 Å². The first-order chi connectivity index (χ1) is 39.0. The molecule has 35 atom stereocenters. The van der Waals surface area contributed by atoms with Crippen LogP contribution in [-0.2, 0) is 61.6 Å². The molecule has 14 N–H and O–H groups in total. The van der Waals surface area contributed by atoms with Crippen molar-refractivity contribution in [3.63, 3.8) is 0 Å². The van der Waals surface area contributed by atoms with E-state index in [1.54, 1.807) is 0 Å². The first-order valence-electron chi connectivity index (χ1n) is 29.6. The van der Waals surface area contributed by atoms with E-state index in [9.17, 15) is 76.3 Å². The van der Waals surface area contributed by atoms with Crippen molar-refractivity contribution in [3.05, 3.63) is 0 Å². The summed E-state index contributed by atoms with van der Waals surface area (Å²) in [7, 11) is 0. The zero-order chi connectivity index (χ0) is 58.6. The Bertz CT molecular complexity index is 2180. The quantitative estimate of drug-likeness (QED) is 0.0772. The summed E-state index contributed by atoms with van der Waals surface area (Å²) in [5.41, 5.74) is -0.682. The number of aliphatic hydroxyl groups is 14. The SMILES string of the molecule is C[C@@H]1CC[C@@]2(OC1)O[C@H]1C[C@H]3[C@@H]4CC[C@H]5C[C@@H](O[C@@H]6O[C@H](CO)[C@H](O[C@@H]7O[C@H](CO)[C@@H](O)[C@H](O[C@@H]8OC[C@@H](O)[C@H](O)[C@H]8O)[C@H]7O[C@@H]7O[C@H](CO)[C@@H](O)[C@H](O[C@@H]8OC[C@@H](O)[C@H](O)[C@H]8O)[C@H]7O)[C@H](O)[C@H]6O)CC[C@]5(C)[C@H]4CC(=O)[C@]3(C)[C@H]1[C@@H]2C. The van der Waals surface area contributed by atoms with Crippen LogP contribution in [0, 0.1) is 52.3 Å². The van der Waals surface area contributed by atoms with Crippen molar-refractivity contribution in [3.8, 4) is 0 Å². The summed E-state index contributed by atoms with van der Waals surface area (Å²) >= 11 is 0. The molecule has 0 unspecified atom stereocenters. The third-order valence-electron chi connectivity index (χ3n) is 21.6. The lowest BCUT2D eigenvalue weighted by atomic mass is 9.44. The zero-order valence-electron chi connectivity index (χ0n) is 46.7. The normalized spacial score (nSPS) is 57.0. The van der Waals surface area contributed by atoms with Gasteiger partial charge in [-0.15, -0.1) is 0 Å². The fourth-order valence-electron chi connectivity index (χ4n) is 16.8. The standard InChI is InChI=1S/C55H88O27/c1-20-7-10-55(73-17-20)21(2)34-29(82-55)12-26-24-6-5-22-11-23(8-9-53(22,3)25(24)13-33(61)54(26,34)4)74-50-42(69)39(66)44(32(16-58)77-50)78-52-47(46(38(65)31(15-57)76-52)80-49-41(68)36(63)28(60)19-72-49)81-51-43(70)45(37(64)30(14-56)75-51)79-48-40(67)35(62)27(59)18-71-48/h20-32,34-52,56-60,62-70H,5-19H2,1-4H3/t20-,21+,22+,23+,24-,25+,26+,27-,28-,29+,30-,31-,32-,34+,35+,36+,37-,38-,39-,40-,41-,42-,43-,44+,45+,46+,47-,48+,49+,50-,51+,52+,53+,54-,55-/m1/s1. The second kappa shape index (κ2) is 24.2. The lowest BCUT2D eigenvalue weighted by Crippen LogP contribution is -2.69. The van der Waals surface area contributed by atoms with Gasteiger partial charge in [0.1, 0.15) is 116 Å². The molecule has 4 saturated carbocycles. The maximum absolute atomic E-state index is 14.8. The van der Waals surface area contributed by atoms with E-state index in [1.165, 1.54) is 0 Å². The number of carbonyl (C=O) groups excluding carboxylic acids is 1. The summed E-state index contributed by atoms with van der Waals surface area (Å²) in [5.74, 6) is 1.21. The molecule has 0 aromatic carbocycles. The molecule has 11 aliphatic rings. The summed E-state index contributed by atoms with van der Waals surface area (Å²) in [6.07, 6.45) is -35.3. The van der Waals surface area contributed by atoms with Crippen molar-refractivity contribution in [1.29, 1.82) is 0 Å². The summed E-state index contributed by atoms with van der Waals surface area (Å²) in [5, 5.41) is 153. The van der Waals surface area contributed by atoms with Crippen molar-refractivity contribution < 1.29 is 133 Å². The van der Waals surface area contributed by atoms with Crippen molar-refractivity contribution in [1.82, 2.24) is 0 Å². The van der Waals surface area contributed by atoms with Crippen molar-refractivity contribution >= 4 is 5.78 Å². The van der Waals surface area contributed by atoms with E-state index < -0.39 is 192 Å². The Balaban J connectivity index is 0.785. The highest BCUT2D eigenvalue weighted by molar-refractivity contribution is 5.87. The number of fused-ring (bicyclic) bond motifs is 7. The summed E-state index contributed by atoms with van der Waals surface area (Å²) in [4.78, 5) is 14.8. The van der Waals surface area contributed by atoms with Gasteiger partial charge in [-0.2, -0.15) is 0 Å². The lowest BCUT2D eigenvalue weighted by Gasteiger charge is -2.60. The minimum Gasteiger partial charge on any atom is -0.394 e. The van der Waals surface area contributed by atoms with Crippen LogP contribution >= 0.6 is 0 Å². The highest BCUT2D eigenvalue weighted by Crippen LogP contribution is 2.70. The molecular weight excluding hydrogens is 1090 g/mol. The molecule has 0 aromatic rings. The van der Waals surface area contributed by atoms with Gasteiger partial charge < -0.3 is 128 Å². The zero-order valence-corrected chi connectivity index (χ0v) is 46.7. The van der Waals surface area contributed by atoms with Gasteiger partial charge in [-0.3, -0.25) is 4.79 Å². The Hall–Kier alpha value is -1.37. The largest absolute Gasteiger partial charge is 0.394 e.